The number of carbonyl (C=O) groups excluding carboxylic acids is 1. The first-order valence-corrected chi connectivity index (χ1v) is 17.1. The van der Waals surface area contributed by atoms with Crippen molar-refractivity contribution in [3.63, 3.8) is 0 Å². The van der Waals surface area contributed by atoms with E-state index >= 15 is 0 Å². The van der Waals surface area contributed by atoms with Crippen molar-refractivity contribution in [2.45, 2.75) is 67.7 Å². The lowest BCUT2D eigenvalue weighted by molar-refractivity contribution is 0.112. The predicted molar refractivity (Wildman–Crippen MR) is 244 cm³/mol. The van der Waals surface area contributed by atoms with Gasteiger partial charge in [0.25, 0.3) is 0 Å². The lowest BCUT2D eigenvalue weighted by Crippen LogP contribution is -2.18. The van der Waals surface area contributed by atoms with Crippen LogP contribution in [-0.4, -0.2) is 42.3 Å². The summed E-state index contributed by atoms with van der Waals surface area (Å²) in [6.07, 6.45) is 5.90. The van der Waals surface area contributed by atoms with Crippen LogP contribution in [0.15, 0.2) is 109 Å². The first-order chi connectivity index (χ1) is 35.0. The molecule has 0 bridgehead atoms. The van der Waals surface area contributed by atoms with Gasteiger partial charge in [-0.1, -0.05) is 102 Å². The van der Waals surface area contributed by atoms with Crippen LogP contribution in [0, 0.1) is 32.1 Å². The third kappa shape index (κ3) is 14.7. The molecule has 0 spiro atoms. The van der Waals surface area contributed by atoms with Crippen molar-refractivity contribution in [2.24, 2.45) is 28.4 Å². The van der Waals surface area contributed by atoms with Crippen LogP contribution in [0.25, 0.3) is 22.9 Å². The Morgan fingerprint density at radius 1 is 0.800 bits per heavy atom. The maximum atomic E-state index is 10.3. The van der Waals surface area contributed by atoms with E-state index in [1.54, 1.807) is 18.6 Å². The maximum absolute atomic E-state index is 10.3. The van der Waals surface area contributed by atoms with Gasteiger partial charge in [0.15, 0.2) is 17.5 Å². The molecule has 55 heavy (non-hydrogen) atoms. The van der Waals surface area contributed by atoms with Gasteiger partial charge >= 0.3 is 0 Å². The Labute approximate surface area is 354 Å². The van der Waals surface area contributed by atoms with Gasteiger partial charge in [0, 0.05) is 57.9 Å². The van der Waals surface area contributed by atoms with Gasteiger partial charge in [-0.2, -0.15) is 15.5 Å². The van der Waals surface area contributed by atoms with E-state index in [-0.39, 0.29) is 14.7 Å². The zero-order valence-corrected chi connectivity index (χ0v) is 31.9. The second-order valence-electron chi connectivity index (χ2n) is 12.4. The summed E-state index contributed by atoms with van der Waals surface area (Å²) in [6, 6.07) is 29.4. The molecule has 0 aliphatic rings. The molecule has 0 aliphatic carbocycles. The van der Waals surface area contributed by atoms with Crippen molar-refractivity contribution >= 4 is 12.1 Å². The van der Waals surface area contributed by atoms with Crippen LogP contribution in [0.5, 0.6) is 0 Å². The number of rotatable bonds is 6. The lowest BCUT2D eigenvalue weighted by Gasteiger charge is -2.04. The van der Waals surface area contributed by atoms with E-state index in [4.69, 9.17) is 43.6 Å². The molecule has 4 aromatic heterocycles. The number of hydrazine groups is 1. The van der Waals surface area contributed by atoms with Crippen molar-refractivity contribution in [3.8, 4) is 29.0 Å². The minimum atomic E-state index is 0. The number of nitriles is 1. The normalized spacial score (nSPS) is 11.3. The Bertz CT molecular complexity index is 2140. The van der Waals surface area contributed by atoms with Crippen molar-refractivity contribution in [3.05, 3.63) is 148 Å². The standard InChI is InChI=1S/C17H18N4.C10H12O.C7H10N4.C7H6N2.CH4.H4N2.10H2/c1-11(2)13-6-8-14(9-7-13)16-19-17(21-20-16)15-12(3)5-4-10-18-15;1-8(2)10-5-3-9(7-11)4-6-10;1-5-3-2-4-10-6(5)7(8)11-9;1-6-3-2-4-9-7(6)5-8;;1-2;;;;;;;;;;/h4-11H,1-3H3,(H,19,20,21);3-8H,1-2H3;2-4H,9H2,1H3,(H2,8,11);2-4H,1H3;1H4;1-2H2;10*1H/i;;;;;;9*1+2T;1+2. The third-order valence-electron chi connectivity index (χ3n) is 7.80. The highest BCUT2D eigenvalue weighted by Gasteiger charge is 2.11. The SMILES string of the molecule is C.CC(C)c1ccc(C=O)cc1.Cc1cccnc1-c1nc(-c2ccc(C(C)C)cc2)n[nH]1.Cc1cccnc1/C(N)=N/N.Cc1cccnc1C#N.NN.[3HH].[3H][3H].[3H][3H].[3H][3H].[3H][3H].[3H][3H].[3H][3H].[3H][3H].[3H][3H].[3H][3H]. The molecule has 0 radical (unpaired) electrons. The molecular weight excluding hydrogens is 689 g/mol. The van der Waals surface area contributed by atoms with Crippen LogP contribution >= 0.6 is 0 Å². The number of hydrogen-bond acceptors (Lipinski definition) is 11. The largest absolute Gasteiger partial charge is 0.380 e. The molecule has 13 heteroatoms. The summed E-state index contributed by atoms with van der Waals surface area (Å²) < 4.78 is 90.0. The molecule has 0 saturated carbocycles. The summed E-state index contributed by atoms with van der Waals surface area (Å²) in [6.45, 7) is 14.4. The van der Waals surface area contributed by atoms with Crippen LogP contribution in [0.3, 0.4) is 0 Å². The number of aromatic nitrogens is 6. The number of nitrogens with one attached hydrogen (secondary N) is 1. The molecule has 0 atom stereocenters. The average molecular weight is 801 g/mol. The first kappa shape index (κ1) is 33.0. The number of aldehydes is 1. The van der Waals surface area contributed by atoms with Crippen LogP contribution in [0.4, 0.5) is 0 Å². The summed E-state index contributed by atoms with van der Waals surface area (Å²) >= 11 is 0. The fourth-order valence-electron chi connectivity index (χ4n) is 4.62. The molecule has 6 aromatic rings. The van der Waals surface area contributed by atoms with Gasteiger partial charge in [-0.25, -0.2) is 9.97 Å². The molecule has 13 nitrogen and oxygen atoms in total. The first-order valence-electron chi connectivity index (χ1n) is 26.1. The quantitative estimate of drug-likeness (QED) is 0.0349. The summed E-state index contributed by atoms with van der Waals surface area (Å²) in [4.78, 5) is 27.1. The van der Waals surface area contributed by atoms with E-state index in [9.17, 15) is 4.79 Å². The molecule has 9 N–H and O–H groups in total. The number of nitrogens with two attached hydrogens (primary N) is 4. The maximum Gasteiger partial charge on any atom is 0.181 e. The highest BCUT2D eigenvalue weighted by atomic mass is 16.1. The van der Waals surface area contributed by atoms with Gasteiger partial charge in [0.2, 0.25) is 0 Å². The predicted octanol–water partition coefficient (Wildman–Crippen LogP) is 9.73. The van der Waals surface area contributed by atoms with Gasteiger partial charge in [0.05, 0.1) is 0 Å². The van der Waals surface area contributed by atoms with Crippen LogP contribution < -0.4 is 23.3 Å². The number of nitrogens with zero attached hydrogens (tertiary/aromatic N) is 7. The molecule has 4 heterocycles. The molecular formula is C42H74N12O. The zero-order valence-electron chi connectivity index (χ0n) is 49.9. The van der Waals surface area contributed by atoms with Gasteiger partial charge in [-0.05, 0) is 78.6 Å². The second-order valence-corrected chi connectivity index (χ2v) is 12.4. The minimum Gasteiger partial charge on any atom is -0.380 e. The highest BCUT2D eigenvalue weighted by Crippen LogP contribution is 2.23. The molecule has 6 rings (SSSR count). The van der Waals surface area contributed by atoms with Crippen molar-refractivity contribution in [1.82, 2.24) is 30.1 Å². The Hall–Kier alpha value is -6.62. The number of carbonyl (C=O) groups is 1. The van der Waals surface area contributed by atoms with Crippen LogP contribution in [0.2, 0.25) is 0 Å². The molecule has 0 unspecified atom stereocenters. The average Bonchev–Trinajstić information content (AvgIpc) is 3.97. The van der Waals surface area contributed by atoms with Gasteiger partial charge in [-0.15, -0.1) is 0 Å². The number of hydrazone groups is 1. The molecule has 0 amide bonds. The Morgan fingerprint density at radius 2 is 1.31 bits per heavy atom. The minimum absolute atomic E-state index is 0. The highest BCUT2D eigenvalue weighted by molar-refractivity contribution is 5.96. The molecule has 0 fully saturated rings. The van der Waals surface area contributed by atoms with E-state index in [1.807, 2.05) is 87.5 Å². The monoisotopic (exact) mass is 801 g/mol. The van der Waals surface area contributed by atoms with Crippen molar-refractivity contribution in [2.75, 3.05) is 0 Å². The lowest BCUT2D eigenvalue weighted by atomic mass is 10.0. The van der Waals surface area contributed by atoms with E-state index in [1.165, 1.54) is 11.1 Å². The summed E-state index contributed by atoms with van der Waals surface area (Å²) in [5, 5.41) is 19.0. The number of hydrogen-bond donors (Lipinski definition) is 5. The molecule has 308 valence electrons. The van der Waals surface area contributed by atoms with E-state index in [0.29, 0.717) is 34.9 Å². The number of pyridine rings is 3. The Kier molecular flexibility index (Phi) is 14.7. The topological polar surface area (TPSA) is 238 Å². The number of aryl methyl sites for hydroxylation is 3. The van der Waals surface area contributed by atoms with Crippen LogP contribution in [-0.2, 0) is 0 Å². The molecule has 0 aliphatic heterocycles. The third-order valence-corrected chi connectivity index (χ3v) is 7.80. The fourth-order valence-corrected chi connectivity index (χ4v) is 4.62. The van der Waals surface area contributed by atoms with E-state index in [0.717, 1.165) is 39.8 Å². The Morgan fingerprint density at radius 3 is 1.76 bits per heavy atom. The van der Waals surface area contributed by atoms with Gasteiger partial charge in [0.1, 0.15) is 29.4 Å². The van der Waals surface area contributed by atoms with E-state index in [2.05, 4.69) is 98.9 Å². The number of H-pyrrole nitrogens is 1. The molecule has 2 aromatic carbocycles. The summed E-state index contributed by atoms with van der Waals surface area (Å²) in [5.41, 5.74) is 14.8. The number of aromatic amines is 1. The molecule has 0 saturated heterocycles. The zero-order chi connectivity index (χ0) is 58.0. The smallest absolute Gasteiger partial charge is 0.181 e. The number of benzene rings is 2. The summed E-state index contributed by atoms with van der Waals surface area (Å²) in [5.74, 6) is 15.7. The van der Waals surface area contributed by atoms with Crippen molar-refractivity contribution in [1.29, 1.82) is 5.26 Å². The van der Waals surface area contributed by atoms with Gasteiger partial charge < -0.3 is 11.6 Å². The van der Waals surface area contributed by atoms with Crippen LogP contribution in [0.1, 0.15) is 125 Å². The van der Waals surface area contributed by atoms with Gasteiger partial charge in [-0.3, -0.25) is 31.5 Å². The second kappa shape index (κ2) is 24.6. The number of amidine groups is 1. The van der Waals surface area contributed by atoms with Crippen molar-refractivity contribution < 1.29 is 32.9 Å². The van der Waals surface area contributed by atoms with E-state index < -0.39 is 0 Å². The fraction of sp³-hybridized carbons (Fsp3) is 0.238. The summed E-state index contributed by atoms with van der Waals surface area (Å²) in [7, 11) is 0. The Balaban J connectivity index is -0.0000000848.